The molecule has 0 saturated heterocycles. The van der Waals surface area contributed by atoms with Crippen LogP contribution in [0.2, 0.25) is 0 Å². The summed E-state index contributed by atoms with van der Waals surface area (Å²) in [5, 5.41) is 17.9. The topological polar surface area (TPSA) is 111 Å². The van der Waals surface area contributed by atoms with Gasteiger partial charge in [0.1, 0.15) is 23.6 Å². The van der Waals surface area contributed by atoms with E-state index in [1.807, 2.05) is 43.3 Å². The van der Waals surface area contributed by atoms with Crippen LogP contribution in [0.4, 0.5) is 28.7 Å². The molecule has 9 nitrogen and oxygen atoms in total. The second-order valence-corrected chi connectivity index (χ2v) is 6.80. The van der Waals surface area contributed by atoms with Crippen molar-refractivity contribution in [1.29, 1.82) is 0 Å². The number of hydrogen-bond acceptors (Lipinski definition) is 8. The molecule has 0 saturated carbocycles. The Hall–Kier alpha value is -4.66. The third kappa shape index (κ3) is 5.34. The fourth-order valence-corrected chi connectivity index (χ4v) is 3.08. The van der Waals surface area contributed by atoms with Gasteiger partial charge < -0.3 is 20.1 Å². The van der Waals surface area contributed by atoms with Gasteiger partial charge in [0, 0.05) is 5.69 Å². The van der Waals surface area contributed by atoms with E-state index in [1.165, 1.54) is 6.33 Å². The molecule has 0 unspecified atom stereocenters. The number of nitrogens with one attached hydrogen (secondary N) is 2. The van der Waals surface area contributed by atoms with Gasteiger partial charge >= 0.3 is 5.69 Å². The van der Waals surface area contributed by atoms with Crippen LogP contribution in [0.15, 0.2) is 85.2 Å². The van der Waals surface area contributed by atoms with E-state index in [-0.39, 0.29) is 17.3 Å². The summed E-state index contributed by atoms with van der Waals surface area (Å²) in [5.74, 6) is 2.03. The molecule has 4 aromatic rings. The minimum atomic E-state index is -0.527. The standard InChI is InChI=1S/C24H21N5O4/c1-2-32-21-11-7-6-10-20(21)28-24-22(29(30)31)23(25-16-26-24)27-17-12-14-19(15-13-17)33-18-8-4-3-5-9-18/h3-16H,2H2,1H3,(H2,25,26,27,28). The molecule has 1 aromatic heterocycles. The summed E-state index contributed by atoms with van der Waals surface area (Å²) in [5.41, 5.74) is 0.890. The lowest BCUT2D eigenvalue weighted by molar-refractivity contribution is -0.383. The van der Waals surface area contributed by atoms with Crippen LogP contribution in [-0.2, 0) is 0 Å². The largest absolute Gasteiger partial charge is 0.492 e. The van der Waals surface area contributed by atoms with Crippen LogP contribution in [0.5, 0.6) is 17.2 Å². The van der Waals surface area contributed by atoms with Crippen molar-refractivity contribution < 1.29 is 14.4 Å². The average Bonchev–Trinajstić information content (AvgIpc) is 2.82. The number of rotatable bonds is 9. The fraction of sp³-hybridized carbons (Fsp3) is 0.0833. The molecular formula is C24H21N5O4. The highest BCUT2D eigenvalue weighted by molar-refractivity contribution is 5.78. The maximum Gasteiger partial charge on any atom is 0.353 e. The van der Waals surface area contributed by atoms with Crippen molar-refractivity contribution in [2.45, 2.75) is 6.92 Å². The Morgan fingerprint density at radius 1 is 0.848 bits per heavy atom. The van der Waals surface area contributed by atoms with Crippen molar-refractivity contribution in [1.82, 2.24) is 9.97 Å². The molecule has 0 fully saturated rings. The predicted molar refractivity (Wildman–Crippen MR) is 126 cm³/mol. The SMILES string of the molecule is CCOc1ccccc1Nc1ncnc(Nc2ccc(Oc3ccccc3)cc2)c1[N+](=O)[O-]. The van der Waals surface area contributed by atoms with Gasteiger partial charge in [0.25, 0.3) is 0 Å². The Kier molecular flexibility index (Phi) is 6.60. The molecule has 33 heavy (non-hydrogen) atoms. The summed E-state index contributed by atoms with van der Waals surface area (Å²) in [4.78, 5) is 19.5. The molecule has 1 heterocycles. The number of nitro groups is 1. The summed E-state index contributed by atoms with van der Waals surface area (Å²) < 4.78 is 11.4. The van der Waals surface area contributed by atoms with Crippen LogP contribution in [0, 0.1) is 10.1 Å². The first-order valence-corrected chi connectivity index (χ1v) is 10.2. The predicted octanol–water partition coefficient (Wildman–Crippen LogP) is 6.06. The van der Waals surface area contributed by atoms with Gasteiger partial charge in [0.15, 0.2) is 0 Å². The molecule has 0 aliphatic heterocycles. The maximum atomic E-state index is 11.9. The molecule has 3 aromatic carbocycles. The number of aromatic nitrogens is 2. The van der Waals surface area contributed by atoms with Crippen LogP contribution >= 0.6 is 0 Å². The smallest absolute Gasteiger partial charge is 0.353 e. The van der Waals surface area contributed by atoms with Gasteiger partial charge in [-0.3, -0.25) is 10.1 Å². The van der Waals surface area contributed by atoms with Crippen molar-refractivity contribution in [2.75, 3.05) is 17.2 Å². The Balaban J connectivity index is 1.57. The van der Waals surface area contributed by atoms with Gasteiger partial charge in [-0.25, -0.2) is 9.97 Å². The lowest BCUT2D eigenvalue weighted by Gasteiger charge is -2.13. The minimum absolute atomic E-state index is 0.0497. The highest BCUT2D eigenvalue weighted by Gasteiger charge is 2.24. The summed E-state index contributed by atoms with van der Waals surface area (Å²) in [6.45, 7) is 2.32. The third-order valence-corrected chi connectivity index (χ3v) is 4.54. The second-order valence-electron chi connectivity index (χ2n) is 6.80. The van der Waals surface area contributed by atoms with E-state index in [1.54, 1.807) is 42.5 Å². The first-order chi connectivity index (χ1) is 16.1. The van der Waals surface area contributed by atoms with Gasteiger partial charge in [-0.05, 0) is 55.5 Å². The van der Waals surface area contributed by atoms with Crippen molar-refractivity contribution in [3.63, 3.8) is 0 Å². The number of hydrogen-bond donors (Lipinski definition) is 2. The first kappa shape index (κ1) is 21.6. The first-order valence-electron chi connectivity index (χ1n) is 10.2. The van der Waals surface area contributed by atoms with E-state index in [4.69, 9.17) is 9.47 Å². The fourth-order valence-electron chi connectivity index (χ4n) is 3.08. The van der Waals surface area contributed by atoms with Gasteiger partial charge in [-0.1, -0.05) is 30.3 Å². The molecule has 0 spiro atoms. The summed E-state index contributed by atoms with van der Waals surface area (Å²) in [7, 11) is 0. The molecule has 0 bridgehead atoms. The van der Waals surface area contributed by atoms with Crippen molar-refractivity contribution in [2.24, 2.45) is 0 Å². The van der Waals surface area contributed by atoms with Crippen molar-refractivity contribution in [3.8, 4) is 17.2 Å². The van der Waals surface area contributed by atoms with Crippen LogP contribution in [0.3, 0.4) is 0 Å². The average molecular weight is 443 g/mol. The molecule has 0 aliphatic carbocycles. The Morgan fingerprint density at radius 3 is 2.18 bits per heavy atom. The number of benzene rings is 3. The quantitative estimate of drug-likeness (QED) is 0.237. The van der Waals surface area contributed by atoms with Crippen molar-refractivity contribution >= 4 is 28.7 Å². The number of nitrogens with zero attached hydrogens (tertiary/aromatic N) is 3. The lowest BCUT2D eigenvalue weighted by atomic mass is 10.2. The highest BCUT2D eigenvalue weighted by atomic mass is 16.6. The van der Waals surface area contributed by atoms with E-state index in [0.717, 1.165) is 0 Å². The molecule has 9 heteroatoms. The van der Waals surface area contributed by atoms with E-state index in [9.17, 15) is 10.1 Å². The zero-order chi connectivity index (χ0) is 23.0. The maximum absolute atomic E-state index is 11.9. The number of anilines is 4. The third-order valence-electron chi connectivity index (χ3n) is 4.54. The van der Waals surface area contributed by atoms with E-state index < -0.39 is 4.92 Å². The van der Waals surface area contributed by atoms with Gasteiger partial charge in [-0.15, -0.1) is 0 Å². The molecule has 0 amide bonds. The molecular weight excluding hydrogens is 422 g/mol. The molecule has 0 radical (unpaired) electrons. The molecule has 2 N–H and O–H groups in total. The Bertz CT molecular complexity index is 1230. The monoisotopic (exact) mass is 443 g/mol. The minimum Gasteiger partial charge on any atom is -0.492 e. The number of ether oxygens (including phenoxy) is 2. The molecule has 0 aliphatic rings. The van der Waals surface area contributed by atoms with Gasteiger partial charge in [0.05, 0.1) is 17.2 Å². The van der Waals surface area contributed by atoms with Gasteiger partial charge in [0.2, 0.25) is 11.6 Å². The zero-order valence-corrected chi connectivity index (χ0v) is 17.8. The van der Waals surface area contributed by atoms with Crippen LogP contribution in [-0.4, -0.2) is 21.5 Å². The van der Waals surface area contributed by atoms with Crippen LogP contribution in [0.25, 0.3) is 0 Å². The van der Waals surface area contributed by atoms with Crippen molar-refractivity contribution in [3.05, 3.63) is 95.3 Å². The van der Waals surface area contributed by atoms with E-state index in [0.29, 0.717) is 35.2 Å². The number of para-hydroxylation sites is 3. The second kappa shape index (κ2) is 10.1. The van der Waals surface area contributed by atoms with Crippen LogP contribution in [0.1, 0.15) is 6.92 Å². The highest BCUT2D eigenvalue weighted by Crippen LogP contribution is 2.35. The normalized spacial score (nSPS) is 10.3. The zero-order valence-electron chi connectivity index (χ0n) is 17.8. The van der Waals surface area contributed by atoms with Crippen LogP contribution < -0.4 is 20.1 Å². The van der Waals surface area contributed by atoms with E-state index in [2.05, 4.69) is 20.6 Å². The Labute approximate surface area is 190 Å². The molecule has 0 atom stereocenters. The summed E-state index contributed by atoms with van der Waals surface area (Å²) in [6, 6.07) is 23.6. The lowest BCUT2D eigenvalue weighted by Crippen LogP contribution is -2.06. The van der Waals surface area contributed by atoms with Gasteiger partial charge in [-0.2, -0.15) is 0 Å². The summed E-state index contributed by atoms with van der Waals surface area (Å²) in [6.07, 6.45) is 1.26. The Morgan fingerprint density at radius 2 is 1.48 bits per heavy atom. The summed E-state index contributed by atoms with van der Waals surface area (Å²) >= 11 is 0. The molecule has 166 valence electrons. The molecule has 4 rings (SSSR count). The van der Waals surface area contributed by atoms with E-state index >= 15 is 0 Å².